The number of aromatic nitrogens is 1. The van der Waals surface area contributed by atoms with Gasteiger partial charge in [-0.15, -0.1) is 23.1 Å². The first-order chi connectivity index (χ1) is 8.79. The van der Waals surface area contributed by atoms with Gasteiger partial charge in [-0.3, -0.25) is 0 Å². The highest BCUT2D eigenvalue weighted by Crippen LogP contribution is 2.26. The van der Waals surface area contributed by atoms with E-state index in [-0.39, 0.29) is 0 Å². The van der Waals surface area contributed by atoms with Crippen LogP contribution < -0.4 is 5.32 Å². The zero-order valence-electron chi connectivity index (χ0n) is 10.8. The number of rotatable bonds is 6. The van der Waals surface area contributed by atoms with Crippen molar-refractivity contribution < 1.29 is 0 Å². The molecule has 0 radical (unpaired) electrons. The molecule has 0 atom stereocenters. The minimum Gasteiger partial charge on any atom is -0.312 e. The molecule has 0 bridgehead atoms. The molecule has 0 spiro atoms. The van der Waals surface area contributed by atoms with E-state index in [1.54, 1.807) is 0 Å². The lowest BCUT2D eigenvalue weighted by Crippen LogP contribution is -2.11. The molecule has 96 valence electrons. The van der Waals surface area contributed by atoms with Crippen LogP contribution in [0.15, 0.2) is 35.2 Å². The highest BCUT2D eigenvalue weighted by molar-refractivity contribution is 7.98. The van der Waals surface area contributed by atoms with E-state index < -0.39 is 0 Å². The number of hydrogen-bond acceptors (Lipinski definition) is 4. The normalized spacial score (nSPS) is 10.8. The Morgan fingerprint density at radius 2 is 2.06 bits per heavy atom. The summed E-state index contributed by atoms with van der Waals surface area (Å²) < 4.78 is 0. The number of aryl methyl sites for hydroxylation is 1. The second-order valence-corrected chi connectivity index (χ2v) is 6.22. The lowest BCUT2D eigenvalue weighted by Gasteiger charge is -1.98. The maximum atomic E-state index is 4.64. The molecular weight excluding hydrogens is 260 g/mol. The first-order valence-corrected chi connectivity index (χ1v) is 7.93. The number of thiazole rings is 1. The van der Waals surface area contributed by atoms with Gasteiger partial charge in [0.2, 0.25) is 0 Å². The molecule has 0 saturated carbocycles. The number of nitrogens with zero attached hydrogens (tertiary/aromatic N) is 1. The van der Waals surface area contributed by atoms with E-state index in [9.17, 15) is 0 Å². The number of benzene rings is 1. The fourth-order valence-corrected chi connectivity index (χ4v) is 3.57. The van der Waals surface area contributed by atoms with Gasteiger partial charge in [0.15, 0.2) is 0 Å². The first-order valence-electron chi connectivity index (χ1n) is 6.13. The van der Waals surface area contributed by atoms with Gasteiger partial charge in [0, 0.05) is 16.3 Å². The summed E-state index contributed by atoms with van der Waals surface area (Å²) in [7, 11) is 0. The van der Waals surface area contributed by atoms with Crippen LogP contribution in [0.1, 0.15) is 22.5 Å². The number of nitrogens with one attached hydrogen (secondary N) is 1. The molecule has 0 aliphatic carbocycles. The fraction of sp³-hybridized carbons (Fsp3) is 0.357. The van der Waals surface area contributed by atoms with Crippen molar-refractivity contribution in [2.45, 2.75) is 31.0 Å². The monoisotopic (exact) mass is 278 g/mol. The zero-order valence-corrected chi connectivity index (χ0v) is 12.4. The van der Waals surface area contributed by atoms with Gasteiger partial charge < -0.3 is 5.32 Å². The topological polar surface area (TPSA) is 24.9 Å². The summed E-state index contributed by atoms with van der Waals surface area (Å²) in [5, 5.41) is 4.57. The van der Waals surface area contributed by atoms with E-state index in [4.69, 9.17) is 0 Å². The molecular formula is C14H18N2S2. The van der Waals surface area contributed by atoms with E-state index in [1.807, 2.05) is 29.2 Å². The fourth-order valence-electron chi connectivity index (χ4n) is 1.61. The summed E-state index contributed by atoms with van der Waals surface area (Å²) in [6.07, 6.45) is 0. The van der Waals surface area contributed by atoms with Crippen molar-refractivity contribution in [1.29, 1.82) is 0 Å². The van der Waals surface area contributed by atoms with E-state index in [2.05, 4.69) is 48.4 Å². The Kier molecular flexibility index (Phi) is 5.23. The van der Waals surface area contributed by atoms with Crippen molar-refractivity contribution in [2.75, 3.05) is 6.54 Å². The minimum atomic E-state index is 0.940. The van der Waals surface area contributed by atoms with Crippen LogP contribution in [0.4, 0.5) is 0 Å². The van der Waals surface area contributed by atoms with Crippen LogP contribution in [0.3, 0.4) is 0 Å². The van der Waals surface area contributed by atoms with Gasteiger partial charge in [-0.05, 0) is 25.6 Å². The summed E-state index contributed by atoms with van der Waals surface area (Å²) in [4.78, 5) is 7.30. The zero-order chi connectivity index (χ0) is 12.8. The summed E-state index contributed by atoms with van der Waals surface area (Å²) in [5.74, 6) is 0.960. The van der Waals surface area contributed by atoms with Crippen molar-refractivity contribution in [3.05, 3.63) is 45.9 Å². The molecule has 1 heterocycles. The van der Waals surface area contributed by atoms with Crippen molar-refractivity contribution in [3.63, 3.8) is 0 Å². The van der Waals surface area contributed by atoms with E-state index in [1.165, 1.54) is 20.5 Å². The van der Waals surface area contributed by atoms with Crippen LogP contribution in [-0.4, -0.2) is 11.5 Å². The molecule has 2 aromatic rings. The maximum absolute atomic E-state index is 4.64. The summed E-state index contributed by atoms with van der Waals surface area (Å²) in [6.45, 7) is 6.17. The largest absolute Gasteiger partial charge is 0.312 e. The Bertz CT molecular complexity index is 480. The van der Waals surface area contributed by atoms with Crippen LogP contribution in [0, 0.1) is 6.92 Å². The third kappa shape index (κ3) is 3.83. The molecule has 0 aliphatic heterocycles. The predicted octanol–water partition coefficient (Wildman–Crippen LogP) is 3.85. The van der Waals surface area contributed by atoms with Gasteiger partial charge in [-0.25, -0.2) is 4.98 Å². The third-order valence-corrected chi connectivity index (χ3v) is 4.94. The van der Waals surface area contributed by atoms with Crippen molar-refractivity contribution in [2.24, 2.45) is 0 Å². The summed E-state index contributed by atoms with van der Waals surface area (Å²) >= 11 is 3.67. The molecule has 0 amide bonds. The first kappa shape index (κ1) is 13.6. The Morgan fingerprint density at radius 3 is 2.78 bits per heavy atom. The lowest BCUT2D eigenvalue weighted by atomic mass is 10.4. The Labute approximate surface area is 117 Å². The number of hydrogen-bond donors (Lipinski definition) is 1. The summed E-state index contributed by atoms with van der Waals surface area (Å²) in [5.41, 5.74) is 1.17. The molecule has 18 heavy (non-hydrogen) atoms. The van der Waals surface area contributed by atoms with Crippen LogP contribution in [0.25, 0.3) is 0 Å². The highest BCUT2D eigenvalue weighted by atomic mass is 32.2. The SMILES string of the molecule is CCNCc1sc(CSc2ccccc2)nc1C. The van der Waals surface area contributed by atoms with Gasteiger partial charge in [-0.2, -0.15) is 0 Å². The van der Waals surface area contributed by atoms with Gasteiger partial charge in [0.1, 0.15) is 5.01 Å². The van der Waals surface area contributed by atoms with Gasteiger partial charge in [0.05, 0.1) is 11.4 Å². The second-order valence-electron chi connectivity index (χ2n) is 4.00. The second kappa shape index (κ2) is 6.92. The van der Waals surface area contributed by atoms with E-state index in [0.717, 1.165) is 18.8 Å². The van der Waals surface area contributed by atoms with Crippen molar-refractivity contribution >= 4 is 23.1 Å². The van der Waals surface area contributed by atoms with Crippen LogP contribution in [0.2, 0.25) is 0 Å². The van der Waals surface area contributed by atoms with Crippen molar-refractivity contribution in [1.82, 2.24) is 10.3 Å². The smallest absolute Gasteiger partial charge is 0.103 e. The average Bonchev–Trinajstić information content (AvgIpc) is 2.76. The maximum Gasteiger partial charge on any atom is 0.103 e. The Hall–Kier alpha value is -0.840. The Morgan fingerprint density at radius 1 is 1.28 bits per heavy atom. The molecule has 2 nitrogen and oxygen atoms in total. The van der Waals surface area contributed by atoms with E-state index in [0.29, 0.717) is 0 Å². The molecule has 4 heteroatoms. The standard InChI is InChI=1S/C14H18N2S2/c1-3-15-9-13-11(2)16-14(18-13)10-17-12-7-5-4-6-8-12/h4-8,15H,3,9-10H2,1-2H3. The molecule has 1 N–H and O–H groups in total. The summed E-state index contributed by atoms with van der Waals surface area (Å²) in [6, 6.07) is 10.5. The van der Waals surface area contributed by atoms with Gasteiger partial charge >= 0.3 is 0 Å². The van der Waals surface area contributed by atoms with Crippen LogP contribution in [-0.2, 0) is 12.3 Å². The molecule has 0 unspecified atom stereocenters. The number of thioether (sulfide) groups is 1. The quantitative estimate of drug-likeness (QED) is 0.812. The molecule has 0 fully saturated rings. The third-order valence-electron chi connectivity index (χ3n) is 2.58. The lowest BCUT2D eigenvalue weighted by molar-refractivity contribution is 0.731. The minimum absolute atomic E-state index is 0.940. The molecule has 2 rings (SSSR count). The molecule has 1 aromatic carbocycles. The predicted molar refractivity (Wildman–Crippen MR) is 80.2 cm³/mol. The van der Waals surface area contributed by atoms with Crippen LogP contribution in [0.5, 0.6) is 0 Å². The van der Waals surface area contributed by atoms with Crippen LogP contribution >= 0.6 is 23.1 Å². The molecule has 0 saturated heterocycles. The van der Waals surface area contributed by atoms with Gasteiger partial charge in [0.25, 0.3) is 0 Å². The van der Waals surface area contributed by atoms with Crippen molar-refractivity contribution in [3.8, 4) is 0 Å². The highest BCUT2D eigenvalue weighted by Gasteiger charge is 2.07. The molecule has 1 aromatic heterocycles. The average molecular weight is 278 g/mol. The Balaban J connectivity index is 1.94. The van der Waals surface area contributed by atoms with Gasteiger partial charge in [-0.1, -0.05) is 25.1 Å². The molecule has 0 aliphatic rings. The van der Waals surface area contributed by atoms with E-state index >= 15 is 0 Å².